The number of ether oxygens (including phenoxy) is 1. The number of alkyl carbamates (subject to hydrolysis) is 1. The zero-order valence-electron chi connectivity index (χ0n) is 13.4. The third-order valence-corrected chi connectivity index (χ3v) is 2.97. The van der Waals surface area contributed by atoms with E-state index in [0.29, 0.717) is 0 Å². The number of aliphatic carboxylic acids is 1. The lowest BCUT2D eigenvalue weighted by atomic mass is 10.0. The predicted molar refractivity (Wildman–Crippen MR) is 80.1 cm³/mol. The van der Waals surface area contributed by atoms with E-state index in [1.165, 1.54) is 6.07 Å². The Hall–Kier alpha value is -2.18. The molecule has 0 spiro atoms. The number of carbonyl (C=O) groups excluding carboxylic acids is 1. The fourth-order valence-corrected chi connectivity index (χ4v) is 1.96. The zero-order chi connectivity index (χ0) is 17.6. The van der Waals surface area contributed by atoms with Crippen LogP contribution < -0.4 is 5.32 Å². The highest BCUT2D eigenvalue weighted by molar-refractivity contribution is 5.79. The summed E-state index contributed by atoms with van der Waals surface area (Å²) in [5, 5.41) is 11.3. The Kier molecular flexibility index (Phi) is 6.48. The number of carboxylic acid groups (broad SMARTS) is 1. The maximum atomic E-state index is 13.5. The van der Waals surface area contributed by atoms with Crippen molar-refractivity contribution in [2.75, 3.05) is 0 Å². The highest BCUT2D eigenvalue weighted by atomic mass is 19.1. The number of nitrogens with one attached hydrogen (secondary N) is 1. The van der Waals surface area contributed by atoms with E-state index in [2.05, 4.69) is 5.32 Å². The van der Waals surface area contributed by atoms with Gasteiger partial charge in [0, 0.05) is 5.56 Å². The van der Waals surface area contributed by atoms with E-state index >= 15 is 0 Å². The molecule has 0 aliphatic heterocycles. The van der Waals surface area contributed by atoms with Crippen molar-refractivity contribution in [3.63, 3.8) is 0 Å². The van der Waals surface area contributed by atoms with Crippen LogP contribution in [0.15, 0.2) is 18.2 Å². The van der Waals surface area contributed by atoms with Crippen molar-refractivity contribution in [3.8, 4) is 0 Å². The largest absolute Gasteiger partial charge is 0.480 e. The number of carbonyl (C=O) groups is 2. The van der Waals surface area contributed by atoms with E-state index in [9.17, 15) is 18.4 Å². The molecule has 1 aromatic carbocycles. The van der Waals surface area contributed by atoms with Crippen LogP contribution in [0.4, 0.5) is 13.6 Å². The fourth-order valence-electron chi connectivity index (χ4n) is 1.96. The molecule has 0 radical (unpaired) electrons. The fraction of sp³-hybridized carbons (Fsp3) is 0.500. The van der Waals surface area contributed by atoms with Crippen molar-refractivity contribution in [2.24, 2.45) is 0 Å². The second kappa shape index (κ2) is 7.89. The first-order valence-electron chi connectivity index (χ1n) is 7.25. The summed E-state index contributed by atoms with van der Waals surface area (Å²) in [5.41, 5.74) is -0.836. The molecular weight excluding hydrogens is 308 g/mol. The van der Waals surface area contributed by atoms with Crippen molar-refractivity contribution in [3.05, 3.63) is 35.4 Å². The molecule has 128 valence electrons. The topological polar surface area (TPSA) is 75.6 Å². The van der Waals surface area contributed by atoms with E-state index in [1.807, 2.05) is 0 Å². The average Bonchev–Trinajstić information content (AvgIpc) is 2.38. The highest BCUT2D eigenvalue weighted by Crippen LogP contribution is 2.16. The monoisotopic (exact) mass is 329 g/mol. The van der Waals surface area contributed by atoms with Crippen LogP contribution >= 0.6 is 0 Å². The molecule has 7 heteroatoms. The molecule has 0 fully saturated rings. The van der Waals surface area contributed by atoms with Crippen molar-refractivity contribution >= 4 is 12.1 Å². The first-order chi connectivity index (χ1) is 10.6. The Morgan fingerprint density at radius 1 is 1.26 bits per heavy atom. The lowest BCUT2D eigenvalue weighted by Crippen LogP contribution is -2.43. The standard InChI is InChI=1S/C16H21F2NO4/c1-16(2,3)23-15(22)19-13(14(20)21)9-4-6-10-11(17)7-5-8-12(10)18/h5,7-8,13H,4,6,9H2,1-3H3,(H,19,22)(H,20,21). The van der Waals surface area contributed by atoms with Gasteiger partial charge in [0.05, 0.1) is 0 Å². The lowest BCUT2D eigenvalue weighted by molar-refractivity contribution is -0.139. The second-order valence-corrected chi connectivity index (χ2v) is 6.13. The summed E-state index contributed by atoms with van der Waals surface area (Å²) < 4.78 is 32.0. The van der Waals surface area contributed by atoms with E-state index in [0.717, 1.165) is 12.1 Å². The number of amides is 1. The van der Waals surface area contributed by atoms with Gasteiger partial charge in [0.2, 0.25) is 0 Å². The van der Waals surface area contributed by atoms with E-state index < -0.39 is 35.3 Å². The van der Waals surface area contributed by atoms with Crippen LogP contribution in [0.3, 0.4) is 0 Å². The molecule has 0 saturated heterocycles. The quantitative estimate of drug-likeness (QED) is 0.840. The van der Waals surface area contributed by atoms with Gasteiger partial charge in [0.1, 0.15) is 23.3 Å². The smallest absolute Gasteiger partial charge is 0.408 e. The molecule has 0 aromatic heterocycles. The molecule has 23 heavy (non-hydrogen) atoms. The maximum absolute atomic E-state index is 13.5. The molecule has 0 bridgehead atoms. The van der Waals surface area contributed by atoms with Gasteiger partial charge in [-0.25, -0.2) is 18.4 Å². The number of hydrogen-bond donors (Lipinski definition) is 2. The summed E-state index contributed by atoms with van der Waals surface area (Å²) >= 11 is 0. The summed E-state index contributed by atoms with van der Waals surface area (Å²) in [6.45, 7) is 4.97. The molecule has 1 rings (SSSR count). The maximum Gasteiger partial charge on any atom is 0.408 e. The molecule has 1 amide bonds. The summed E-state index contributed by atoms with van der Waals surface area (Å²) in [4.78, 5) is 22.8. The molecule has 0 saturated carbocycles. The molecule has 0 aliphatic rings. The minimum absolute atomic E-state index is 0.0301. The first-order valence-corrected chi connectivity index (χ1v) is 7.25. The Bertz CT molecular complexity index is 549. The summed E-state index contributed by atoms with van der Waals surface area (Å²) in [7, 11) is 0. The molecule has 2 N–H and O–H groups in total. The Morgan fingerprint density at radius 3 is 2.30 bits per heavy atom. The first kappa shape index (κ1) is 18.9. The van der Waals surface area contributed by atoms with Gasteiger partial charge < -0.3 is 15.2 Å². The summed E-state index contributed by atoms with van der Waals surface area (Å²) in [6, 6.07) is 2.37. The molecule has 0 heterocycles. The van der Waals surface area contributed by atoms with E-state index in [1.54, 1.807) is 20.8 Å². The van der Waals surface area contributed by atoms with Gasteiger partial charge in [-0.2, -0.15) is 0 Å². The molecule has 1 atom stereocenters. The lowest BCUT2D eigenvalue weighted by Gasteiger charge is -2.22. The predicted octanol–water partition coefficient (Wildman–Crippen LogP) is 3.27. The third kappa shape index (κ3) is 6.63. The molecule has 1 aromatic rings. The highest BCUT2D eigenvalue weighted by Gasteiger charge is 2.23. The van der Waals surface area contributed by atoms with Gasteiger partial charge in [-0.3, -0.25) is 0 Å². The van der Waals surface area contributed by atoms with Crippen LogP contribution in [-0.2, 0) is 16.0 Å². The van der Waals surface area contributed by atoms with Gasteiger partial charge in [-0.05, 0) is 52.2 Å². The molecule has 5 nitrogen and oxygen atoms in total. The van der Waals surface area contributed by atoms with Gasteiger partial charge in [-0.1, -0.05) is 6.07 Å². The molecule has 0 aliphatic carbocycles. The van der Waals surface area contributed by atoms with Crippen molar-refractivity contribution in [1.82, 2.24) is 5.32 Å². The average molecular weight is 329 g/mol. The number of carboxylic acids is 1. The van der Waals surface area contributed by atoms with Crippen LogP contribution in [0, 0.1) is 11.6 Å². The van der Waals surface area contributed by atoms with E-state index in [4.69, 9.17) is 9.84 Å². The van der Waals surface area contributed by atoms with Gasteiger partial charge in [-0.15, -0.1) is 0 Å². The minimum Gasteiger partial charge on any atom is -0.480 e. The van der Waals surface area contributed by atoms with Crippen LogP contribution in [-0.4, -0.2) is 28.8 Å². The van der Waals surface area contributed by atoms with Crippen molar-refractivity contribution in [2.45, 2.75) is 51.7 Å². The van der Waals surface area contributed by atoms with Crippen LogP contribution in [0.1, 0.15) is 39.2 Å². The Balaban J connectivity index is 2.57. The van der Waals surface area contributed by atoms with Crippen LogP contribution in [0.25, 0.3) is 0 Å². The molecule has 1 unspecified atom stereocenters. The van der Waals surface area contributed by atoms with E-state index in [-0.39, 0.29) is 24.8 Å². The normalized spacial score (nSPS) is 12.6. The Labute approximate surface area is 133 Å². The SMILES string of the molecule is CC(C)(C)OC(=O)NC(CCCc1c(F)cccc1F)C(=O)O. The van der Waals surface area contributed by atoms with Crippen molar-refractivity contribution < 1.29 is 28.2 Å². The van der Waals surface area contributed by atoms with Crippen LogP contribution in [0.2, 0.25) is 0 Å². The third-order valence-electron chi connectivity index (χ3n) is 2.97. The summed E-state index contributed by atoms with van der Waals surface area (Å²) in [5.74, 6) is -2.57. The number of hydrogen-bond acceptors (Lipinski definition) is 3. The number of rotatable bonds is 6. The van der Waals surface area contributed by atoms with Crippen molar-refractivity contribution in [1.29, 1.82) is 0 Å². The number of halogens is 2. The van der Waals surface area contributed by atoms with Crippen LogP contribution in [0.5, 0.6) is 0 Å². The van der Waals surface area contributed by atoms with Gasteiger partial charge in [0.15, 0.2) is 0 Å². The van der Waals surface area contributed by atoms with Gasteiger partial charge >= 0.3 is 12.1 Å². The molecular formula is C16H21F2NO4. The summed E-state index contributed by atoms with van der Waals surface area (Å²) in [6.07, 6.45) is -0.576. The number of benzene rings is 1. The zero-order valence-corrected chi connectivity index (χ0v) is 13.4. The minimum atomic E-state index is -1.23. The Morgan fingerprint density at radius 2 is 1.83 bits per heavy atom. The van der Waals surface area contributed by atoms with Gasteiger partial charge in [0.25, 0.3) is 0 Å². The second-order valence-electron chi connectivity index (χ2n) is 6.13.